The summed E-state index contributed by atoms with van der Waals surface area (Å²) in [5, 5.41) is 4.63. The minimum Gasteiger partial charge on any atom is -0.423 e. The molecule has 0 bridgehead atoms. The largest absolute Gasteiger partial charge is 0.423 e. The Labute approximate surface area is 179 Å². The van der Waals surface area contributed by atoms with Crippen LogP contribution < -0.4 is 4.90 Å². The second-order valence-corrected chi connectivity index (χ2v) is 9.09. The number of oxazole rings is 1. The number of nitrogens with zero attached hydrogens (tertiary/aromatic N) is 6. The van der Waals surface area contributed by atoms with E-state index in [-0.39, 0.29) is 16.9 Å². The summed E-state index contributed by atoms with van der Waals surface area (Å²) in [6, 6.07) is 5.80. The molecule has 160 valence electrons. The van der Waals surface area contributed by atoms with Crippen molar-refractivity contribution in [3.05, 3.63) is 41.5 Å². The quantitative estimate of drug-likeness (QED) is 0.489. The van der Waals surface area contributed by atoms with Crippen LogP contribution in [0, 0.1) is 19.7 Å². The first-order valence-electron chi connectivity index (χ1n) is 10.8. The van der Waals surface area contributed by atoms with Gasteiger partial charge in [0.15, 0.2) is 17.0 Å². The maximum absolute atomic E-state index is 15.0. The average molecular weight is 420 g/mol. The van der Waals surface area contributed by atoms with Crippen molar-refractivity contribution in [1.82, 2.24) is 24.5 Å². The zero-order chi connectivity index (χ0) is 21.3. The molecule has 0 N–H and O–H groups in total. The molecule has 5 heterocycles. The third kappa shape index (κ3) is 2.85. The summed E-state index contributed by atoms with van der Waals surface area (Å²) in [6.07, 6.45) is 5.19. The molecule has 2 aliphatic rings. The molecule has 3 aromatic heterocycles. The van der Waals surface area contributed by atoms with Crippen LogP contribution in [0.4, 0.5) is 10.4 Å². The highest BCUT2D eigenvalue weighted by atomic mass is 19.1. The molecule has 0 saturated carbocycles. The smallest absolute Gasteiger partial charge is 0.298 e. The van der Waals surface area contributed by atoms with E-state index in [2.05, 4.69) is 31.9 Å². The zero-order valence-corrected chi connectivity index (χ0v) is 18.0. The molecule has 2 saturated heterocycles. The van der Waals surface area contributed by atoms with Crippen LogP contribution in [-0.2, 0) is 0 Å². The topological polar surface area (TPSA) is 62.7 Å². The summed E-state index contributed by atoms with van der Waals surface area (Å²) in [5.41, 5.74) is 4.89. The number of piperidine rings is 1. The van der Waals surface area contributed by atoms with E-state index in [0.717, 1.165) is 55.8 Å². The fraction of sp³-hybridized carbons (Fsp3) is 0.435. The summed E-state index contributed by atoms with van der Waals surface area (Å²) in [7, 11) is 2.16. The van der Waals surface area contributed by atoms with E-state index >= 15 is 4.39 Å². The van der Waals surface area contributed by atoms with Gasteiger partial charge in [-0.05, 0) is 63.9 Å². The molecule has 6 rings (SSSR count). The van der Waals surface area contributed by atoms with E-state index < -0.39 is 0 Å². The van der Waals surface area contributed by atoms with Gasteiger partial charge < -0.3 is 14.2 Å². The van der Waals surface area contributed by atoms with Crippen molar-refractivity contribution in [3.8, 4) is 11.3 Å². The van der Waals surface area contributed by atoms with Gasteiger partial charge in [-0.25, -0.2) is 13.9 Å². The highest BCUT2D eigenvalue weighted by molar-refractivity contribution is 5.81. The average Bonchev–Trinajstić information content (AvgIpc) is 3.31. The van der Waals surface area contributed by atoms with E-state index in [1.165, 1.54) is 6.07 Å². The van der Waals surface area contributed by atoms with E-state index in [1.807, 2.05) is 32.2 Å². The van der Waals surface area contributed by atoms with Crippen molar-refractivity contribution in [2.75, 3.05) is 31.6 Å². The molecule has 0 radical (unpaired) electrons. The number of hydrogen-bond acceptors (Lipinski definition) is 6. The Morgan fingerprint density at radius 1 is 1.03 bits per heavy atom. The second-order valence-electron chi connectivity index (χ2n) is 9.09. The Balaban J connectivity index is 1.39. The molecule has 7 nitrogen and oxygen atoms in total. The zero-order valence-electron chi connectivity index (χ0n) is 18.0. The van der Waals surface area contributed by atoms with Crippen LogP contribution in [0.3, 0.4) is 0 Å². The molecule has 8 heteroatoms. The maximum Gasteiger partial charge on any atom is 0.298 e. The summed E-state index contributed by atoms with van der Waals surface area (Å²) in [5.74, 6) is -0.387. The van der Waals surface area contributed by atoms with Gasteiger partial charge in [0.1, 0.15) is 5.52 Å². The third-order valence-electron chi connectivity index (χ3n) is 6.98. The summed E-state index contributed by atoms with van der Waals surface area (Å²) < 4.78 is 22.9. The number of benzene rings is 1. The molecule has 1 aromatic carbocycles. The number of imidazole rings is 1. The molecule has 0 unspecified atom stereocenters. The molecule has 1 spiro atoms. The predicted octanol–water partition coefficient (Wildman–Crippen LogP) is 3.97. The Bertz CT molecular complexity index is 1320. The van der Waals surface area contributed by atoms with Crippen LogP contribution in [0.25, 0.3) is 28.0 Å². The van der Waals surface area contributed by atoms with E-state index in [0.29, 0.717) is 22.9 Å². The van der Waals surface area contributed by atoms with Crippen molar-refractivity contribution < 1.29 is 8.81 Å². The van der Waals surface area contributed by atoms with Crippen molar-refractivity contribution in [2.45, 2.75) is 38.6 Å². The summed E-state index contributed by atoms with van der Waals surface area (Å²) >= 11 is 0. The van der Waals surface area contributed by atoms with Crippen LogP contribution in [-0.4, -0.2) is 56.7 Å². The minimum absolute atomic E-state index is 0.107. The van der Waals surface area contributed by atoms with Gasteiger partial charge in [-0.3, -0.25) is 0 Å². The molecular formula is C23H25FN6O. The molecule has 4 aromatic rings. The van der Waals surface area contributed by atoms with Crippen molar-refractivity contribution in [2.24, 2.45) is 0 Å². The number of aromatic nitrogens is 4. The number of likely N-dealkylation sites (tertiary alicyclic amines) is 1. The monoisotopic (exact) mass is 420 g/mol. The Hall–Kier alpha value is -3.00. The number of hydrogen-bond donors (Lipinski definition) is 0. The Morgan fingerprint density at radius 3 is 2.55 bits per heavy atom. The van der Waals surface area contributed by atoms with E-state index in [1.54, 1.807) is 4.52 Å². The van der Waals surface area contributed by atoms with Crippen LogP contribution in [0.15, 0.2) is 28.8 Å². The lowest BCUT2D eigenvalue weighted by molar-refractivity contribution is 0.129. The van der Waals surface area contributed by atoms with Crippen LogP contribution in [0.2, 0.25) is 0 Å². The highest BCUT2D eigenvalue weighted by Crippen LogP contribution is 2.43. The fourth-order valence-corrected chi connectivity index (χ4v) is 5.02. The lowest BCUT2D eigenvalue weighted by atomic mass is 9.77. The first-order valence-corrected chi connectivity index (χ1v) is 10.8. The van der Waals surface area contributed by atoms with Crippen molar-refractivity contribution in [1.29, 1.82) is 0 Å². The number of halogens is 1. The fourth-order valence-electron chi connectivity index (χ4n) is 5.02. The third-order valence-corrected chi connectivity index (χ3v) is 6.98. The van der Waals surface area contributed by atoms with Gasteiger partial charge in [-0.1, -0.05) is 0 Å². The van der Waals surface area contributed by atoms with Gasteiger partial charge in [0.2, 0.25) is 0 Å². The molecule has 31 heavy (non-hydrogen) atoms. The lowest BCUT2D eigenvalue weighted by Crippen LogP contribution is -2.64. The minimum atomic E-state index is -0.387. The van der Waals surface area contributed by atoms with Gasteiger partial charge in [0, 0.05) is 30.7 Å². The van der Waals surface area contributed by atoms with Gasteiger partial charge in [-0.15, -0.1) is 0 Å². The molecule has 0 aliphatic carbocycles. The normalized spacial score (nSPS) is 18.9. The van der Waals surface area contributed by atoms with E-state index in [4.69, 9.17) is 4.42 Å². The second kappa shape index (κ2) is 6.50. The number of rotatable bonds is 2. The standard InChI is InChI=1S/C23H25FN6O/c1-14-10-18(27-30-13-15(2)25-21(14)30)16-11-17(24)20-19(12-16)31-22(26-20)29-9-6-23(29)4-7-28(3)8-5-23/h10-13H,4-9H2,1-3H3. The van der Waals surface area contributed by atoms with Gasteiger partial charge in [0.05, 0.1) is 17.6 Å². The van der Waals surface area contributed by atoms with Crippen LogP contribution in [0.5, 0.6) is 0 Å². The first-order chi connectivity index (χ1) is 14.9. The van der Waals surface area contributed by atoms with E-state index in [9.17, 15) is 0 Å². The molecule has 0 atom stereocenters. The molecule has 2 aliphatic heterocycles. The number of anilines is 1. The SMILES string of the molecule is Cc1cn2nc(-c3cc(F)c4nc(N5CCC56CCN(C)CC6)oc4c3)cc(C)c2n1. The first kappa shape index (κ1) is 18.7. The molecular weight excluding hydrogens is 395 g/mol. The number of aryl methyl sites for hydroxylation is 2. The highest BCUT2D eigenvalue weighted by Gasteiger charge is 2.48. The lowest BCUT2D eigenvalue weighted by Gasteiger charge is -2.55. The molecule has 0 amide bonds. The predicted molar refractivity (Wildman–Crippen MR) is 117 cm³/mol. The van der Waals surface area contributed by atoms with Gasteiger partial charge in [-0.2, -0.15) is 10.1 Å². The molecule has 2 fully saturated rings. The van der Waals surface area contributed by atoms with Gasteiger partial charge >= 0.3 is 0 Å². The van der Waals surface area contributed by atoms with Crippen molar-refractivity contribution in [3.63, 3.8) is 0 Å². The van der Waals surface area contributed by atoms with Crippen LogP contribution in [0.1, 0.15) is 30.5 Å². The van der Waals surface area contributed by atoms with Crippen molar-refractivity contribution >= 4 is 22.8 Å². The Morgan fingerprint density at radius 2 is 1.81 bits per heavy atom. The van der Waals surface area contributed by atoms with Gasteiger partial charge in [0.25, 0.3) is 6.01 Å². The summed E-state index contributed by atoms with van der Waals surface area (Å²) in [6.45, 7) is 6.96. The maximum atomic E-state index is 15.0. The number of fused-ring (bicyclic) bond motifs is 2. The van der Waals surface area contributed by atoms with Crippen LogP contribution >= 0.6 is 0 Å². The summed E-state index contributed by atoms with van der Waals surface area (Å²) in [4.78, 5) is 13.6. The Kier molecular flexibility index (Phi) is 3.93.